The molecule has 6 nitrogen and oxygen atoms in total. The van der Waals surface area contributed by atoms with Gasteiger partial charge >= 0.3 is 0 Å². The molecule has 0 unspecified atom stereocenters. The summed E-state index contributed by atoms with van der Waals surface area (Å²) >= 11 is 6.40. The standard InChI is InChI=1S/C23H20ClFN4O2/c1-2-30-21-11-19-16(10-18(21)26)22(27)29-23(28-19)14-6-7-20(17(24)9-14)31-12-13-4-3-5-15(25)8-13/h3-11H,2,12,26H2,1H3,(H2,27,28,29). The van der Waals surface area contributed by atoms with Crippen molar-refractivity contribution in [2.45, 2.75) is 13.5 Å². The highest BCUT2D eigenvalue weighted by Crippen LogP contribution is 2.33. The summed E-state index contributed by atoms with van der Waals surface area (Å²) in [6.45, 7) is 2.55. The zero-order valence-corrected chi connectivity index (χ0v) is 17.5. The molecule has 0 aliphatic rings. The molecular formula is C23H20ClFN4O2. The number of halogens is 2. The Morgan fingerprint density at radius 2 is 1.81 bits per heavy atom. The van der Waals surface area contributed by atoms with Gasteiger partial charge in [-0.25, -0.2) is 14.4 Å². The van der Waals surface area contributed by atoms with E-state index in [1.165, 1.54) is 12.1 Å². The molecule has 4 aromatic rings. The third-order valence-corrected chi connectivity index (χ3v) is 4.93. The zero-order valence-electron chi connectivity index (χ0n) is 16.7. The summed E-state index contributed by atoms with van der Waals surface area (Å²) in [6, 6.07) is 14.9. The van der Waals surface area contributed by atoms with Crippen molar-refractivity contribution in [3.63, 3.8) is 0 Å². The molecule has 0 bridgehead atoms. The largest absolute Gasteiger partial charge is 0.492 e. The molecule has 0 radical (unpaired) electrons. The Hall–Kier alpha value is -3.58. The van der Waals surface area contributed by atoms with Crippen LogP contribution in [0.25, 0.3) is 22.3 Å². The number of fused-ring (bicyclic) bond motifs is 1. The number of ether oxygens (including phenoxy) is 2. The molecule has 158 valence electrons. The van der Waals surface area contributed by atoms with Crippen LogP contribution in [-0.4, -0.2) is 16.6 Å². The summed E-state index contributed by atoms with van der Waals surface area (Å²) in [5, 5.41) is 1.02. The summed E-state index contributed by atoms with van der Waals surface area (Å²) < 4.78 is 24.6. The Bertz CT molecular complexity index is 1270. The molecule has 0 fully saturated rings. The van der Waals surface area contributed by atoms with Crippen LogP contribution in [0.1, 0.15) is 12.5 Å². The topological polar surface area (TPSA) is 96.3 Å². The van der Waals surface area contributed by atoms with Gasteiger partial charge in [0.05, 0.1) is 22.8 Å². The quantitative estimate of drug-likeness (QED) is 0.400. The molecule has 3 aromatic carbocycles. The lowest BCUT2D eigenvalue weighted by atomic mass is 10.1. The number of nitrogens with zero attached hydrogens (tertiary/aromatic N) is 2. The molecule has 0 amide bonds. The van der Waals surface area contributed by atoms with E-state index >= 15 is 0 Å². The minimum absolute atomic E-state index is 0.192. The maximum absolute atomic E-state index is 13.3. The fourth-order valence-corrected chi connectivity index (χ4v) is 3.39. The van der Waals surface area contributed by atoms with Crippen LogP contribution in [0.3, 0.4) is 0 Å². The lowest BCUT2D eigenvalue weighted by Crippen LogP contribution is -2.02. The van der Waals surface area contributed by atoms with Crippen LogP contribution in [-0.2, 0) is 6.61 Å². The molecule has 1 heterocycles. The van der Waals surface area contributed by atoms with Gasteiger partial charge in [0.1, 0.15) is 29.7 Å². The van der Waals surface area contributed by atoms with Crippen molar-refractivity contribution >= 4 is 34.0 Å². The van der Waals surface area contributed by atoms with Crippen LogP contribution < -0.4 is 20.9 Å². The van der Waals surface area contributed by atoms with Crippen molar-refractivity contribution in [3.8, 4) is 22.9 Å². The van der Waals surface area contributed by atoms with Crippen molar-refractivity contribution in [1.82, 2.24) is 9.97 Å². The van der Waals surface area contributed by atoms with Gasteiger partial charge in [0.15, 0.2) is 5.82 Å². The van der Waals surface area contributed by atoms with Crippen LogP contribution >= 0.6 is 11.6 Å². The Morgan fingerprint density at radius 3 is 2.55 bits per heavy atom. The van der Waals surface area contributed by atoms with Crippen molar-refractivity contribution in [3.05, 3.63) is 71.0 Å². The minimum atomic E-state index is -0.317. The second-order valence-electron chi connectivity index (χ2n) is 6.84. The summed E-state index contributed by atoms with van der Waals surface area (Å²) in [4.78, 5) is 8.99. The first kappa shape index (κ1) is 20.7. The summed E-state index contributed by atoms with van der Waals surface area (Å²) in [7, 11) is 0. The number of nitrogens with two attached hydrogens (primary N) is 2. The number of benzene rings is 3. The third-order valence-electron chi connectivity index (χ3n) is 4.63. The molecule has 4 rings (SSSR count). The number of aromatic nitrogens is 2. The monoisotopic (exact) mass is 438 g/mol. The molecule has 31 heavy (non-hydrogen) atoms. The summed E-state index contributed by atoms with van der Waals surface area (Å²) in [6.07, 6.45) is 0. The van der Waals surface area contributed by atoms with Crippen molar-refractivity contribution in [1.29, 1.82) is 0 Å². The first-order valence-corrected chi connectivity index (χ1v) is 9.99. The van der Waals surface area contributed by atoms with Gasteiger partial charge in [-0.15, -0.1) is 0 Å². The number of hydrogen-bond acceptors (Lipinski definition) is 6. The lowest BCUT2D eigenvalue weighted by molar-refractivity contribution is 0.306. The summed E-state index contributed by atoms with van der Waals surface area (Å²) in [5.41, 5.74) is 14.6. The highest BCUT2D eigenvalue weighted by Gasteiger charge is 2.13. The zero-order chi connectivity index (χ0) is 22.0. The van der Waals surface area contributed by atoms with Crippen LogP contribution in [0.5, 0.6) is 11.5 Å². The smallest absolute Gasteiger partial charge is 0.162 e. The Labute approximate surface area is 183 Å². The average Bonchev–Trinajstić information content (AvgIpc) is 2.74. The Balaban J connectivity index is 1.63. The van der Waals surface area contributed by atoms with Crippen LogP contribution in [0.15, 0.2) is 54.6 Å². The predicted molar refractivity (Wildman–Crippen MR) is 121 cm³/mol. The van der Waals surface area contributed by atoms with Gasteiger partial charge in [0.25, 0.3) is 0 Å². The van der Waals surface area contributed by atoms with Crippen molar-refractivity contribution in [2.24, 2.45) is 0 Å². The number of anilines is 2. The summed E-state index contributed by atoms with van der Waals surface area (Å²) in [5.74, 6) is 1.41. The van der Waals surface area contributed by atoms with E-state index in [-0.39, 0.29) is 12.4 Å². The number of hydrogen-bond donors (Lipinski definition) is 2. The van der Waals surface area contributed by atoms with Gasteiger partial charge < -0.3 is 20.9 Å². The molecule has 0 saturated heterocycles. The van der Waals surface area contributed by atoms with E-state index in [9.17, 15) is 4.39 Å². The molecule has 4 N–H and O–H groups in total. The molecule has 8 heteroatoms. The highest BCUT2D eigenvalue weighted by atomic mass is 35.5. The molecule has 0 aliphatic carbocycles. The second-order valence-corrected chi connectivity index (χ2v) is 7.24. The Morgan fingerprint density at radius 1 is 0.968 bits per heavy atom. The average molecular weight is 439 g/mol. The molecule has 0 atom stereocenters. The van der Waals surface area contributed by atoms with E-state index < -0.39 is 0 Å². The first-order chi connectivity index (χ1) is 14.9. The molecule has 1 aromatic heterocycles. The van der Waals surface area contributed by atoms with Crippen LogP contribution in [0.2, 0.25) is 5.02 Å². The molecule has 0 saturated carbocycles. The molecule has 0 aliphatic heterocycles. The van der Waals surface area contributed by atoms with Gasteiger partial charge in [-0.2, -0.15) is 0 Å². The van der Waals surface area contributed by atoms with E-state index in [1.54, 1.807) is 42.5 Å². The van der Waals surface area contributed by atoms with E-state index in [0.29, 0.717) is 62.5 Å². The van der Waals surface area contributed by atoms with E-state index in [4.69, 9.17) is 32.5 Å². The maximum Gasteiger partial charge on any atom is 0.162 e. The first-order valence-electron chi connectivity index (χ1n) is 9.61. The van der Waals surface area contributed by atoms with Gasteiger partial charge in [-0.1, -0.05) is 23.7 Å². The number of rotatable bonds is 6. The fraction of sp³-hybridized carbons (Fsp3) is 0.130. The lowest BCUT2D eigenvalue weighted by Gasteiger charge is -2.12. The maximum atomic E-state index is 13.3. The van der Waals surface area contributed by atoms with Crippen molar-refractivity contribution in [2.75, 3.05) is 18.1 Å². The Kier molecular flexibility index (Phi) is 5.77. The third kappa shape index (κ3) is 4.46. The van der Waals surface area contributed by atoms with Crippen molar-refractivity contribution < 1.29 is 13.9 Å². The minimum Gasteiger partial charge on any atom is -0.492 e. The highest BCUT2D eigenvalue weighted by molar-refractivity contribution is 6.32. The van der Waals surface area contributed by atoms with Gasteiger partial charge in [-0.3, -0.25) is 0 Å². The molecular weight excluding hydrogens is 419 g/mol. The van der Waals surface area contributed by atoms with E-state index in [0.717, 1.165) is 0 Å². The van der Waals surface area contributed by atoms with E-state index in [1.807, 2.05) is 6.92 Å². The van der Waals surface area contributed by atoms with Crippen LogP contribution in [0.4, 0.5) is 15.9 Å². The fourth-order valence-electron chi connectivity index (χ4n) is 3.15. The van der Waals surface area contributed by atoms with Gasteiger partial charge in [0, 0.05) is 17.0 Å². The van der Waals surface area contributed by atoms with Crippen LogP contribution in [0, 0.1) is 5.82 Å². The molecule has 0 spiro atoms. The number of nitrogen functional groups attached to an aromatic ring is 2. The normalized spacial score (nSPS) is 10.9. The predicted octanol–water partition coefficient (Wildman–Crippen LogP) is 5.23. The van der Waals surface area contributed by atoms with Gasteiger partial charge in [0.2, 0.25) is 0 Å². The van der Waals surface area contributed by atoms with E-state index in [2.05, 4.69) is 9.97 Å². The SMILES string of the molecule is CCOc1cc2nc(-c3ccc(OCc4cccc(F)c4)c(Cl)c3)nc(N)c2cc1N. The van der Waals surface area contributed by atoms with Gasteiger partial charge in [-0.05, 0) is 48.9 Å². The second kappa shape index (κ2) is 8.65.